The maximum absolute atomic E-state index is 13.0. The molecule has 1 aliphatic rings. The van der Waals surface area contributed by atoms with Gasteiger partial charge in [-0.05, 0) is 31.2 Å². The summed E-state index contributed by atoms with van der Waals surface area (Å²) < 4.78 is 70.7. The minimum Gasteiger partial charge on any atom is -0.365 e. The Labute approximate surface area is 165 Å². The van der Waals surface area contributed by atoms with Gasteiger partial charge in [-0.2, -0.15) is 13.2 Å². The van der Waals surface area contributed by atoms with Crippen molar-refractivity contribution in [3.8, 4) is 0 Å². The monoisotopic (exact) mass is 425 g/mol. The zero-order valence-corrected chi connectivity index (χ0v) is 16.2. The van der Waals surface area contributed by atoms with Gasteiger partial charge in [0.15, 0.2) is 11.8 Å². The summed E-state index contributed by atoms with van der Waals surface area (Å²) in [6.07, 6.45) is -3.52. The van der Waals surface area contributed by atoms with E-state index in [1.807, 2.05) is 6.92 Å². The highest BCUT2D eigenvalue weighted by Crippen LogP contribution is 2.30. The minimum atomic E-state index is -4.44. The van der Waals surface area contributed by atoms with E-state index in [1.165, 1.54) is 24.5 Å². The summed E-state index contributed by atoms with van der Waals surface area (Å²) in [5.74, 6) is 0. The molecule has 10 heteroatoms. The van der Waals surface area contributed by atoms with E-state index in [0.29, 0.717) is 17.6 Å². The van der Waals surface area contributed by atoms with Crippen LogP contribution in [0.15, 0.2) is 53.7 Å². The molecule has 0 bridgehead atoms. The fourth-order valence-electron chi connectivity index (χ4n) is 3.26. The summed E-state index contributed by atoms with van der Waals surface area (Å²) >= 11 is 0. The fraction of sp³-hybridized carbons (Fsp3) is 0.316. The number of halogens is 3. The highest BCUT2D eigenvalue weighted by molar-refractivity contribution is 7.90. The first kappa shape index (κ1) is 19.7. The molecule has 0 aliphatic carbocycles. The molecule has 6 nitrogen and oxygen atoms in total. The van der Waals surface area contributed by atoms with E-state index in [4.69, 9.17) is 4.74 Å². The Morgan fingerprint density at radius 1 is 1.17 bits per heavy atom. The number of benzene rings is 1. The number of aromatic nitrogens is 2. The average Bonchev–Trinajstić information content (AvgIpc) is 3.12. The average molecular weight is 425 g/mol. The normalized spacial score (nSPS) is 18.3. The molecule has 4 rings (SSSR count). The maximum Gasteiger partial charge on any atom is 0.416 e. The molecular formula is C19H18F3N3O3S. The number of hydrogen-bond acceptors (Lipinski definition) is 5. The Hall–Kier alpha value is -2.59. The SMILES string of the molecule is Cc1ccc(S(=O)(=O)n2ccc3cc(N4CCOC(C(F)(F)F)C4)cnc32)cc1. The predicted octanol–water partition coefficient (Wildman–Crippen LogP) is 3.35. The molecule has 1 unspecified atom stereocenters. The van der Waals surface area contributed by atoms with E-state index in [0.717, 1.165) is 9.54 Å². The quantitative estimate of drug-likeness (QED) is 0.644. The number of fused-ring (bicyclic) bond motifs is 1. The molecular weight excluding hydrogens is 407 g/mol. The lowest BCUT2D eigenvalue weighted by Gasteiger charge is -2.35. The smallest absolute Gasteiger partial charge is 0.365 e. The molecule has 0 N–H and O–H groups in total. The molecule has 1 saturated heterocycles. The number of morpholine rings is 1. The van der Waals surface area contributed by atoms with Crippen molar-refractivity contribution in [3.63, 3.8) is 0 Å². The van der Waals surface area contributed by atoms with Gasteiger partial charge in [-0.1, -0.05) is 17.7 Å². The molecule has 0 amide bonds. The summed E-state index contributed by atoms with van der Waals surface area (Å²) in [5, 5.41) is 0.522. The van der Waals surface area contributed by atoms with Gasteiger partial charge < -0.3 is 9.64 Å². The van der Waals surface area contributed by atoms with E-state index in [9.17, 15) is 21.6 Å². The van der Waals surface area contributed by atoms with Crippen molar-refractivity contribution in [2.45, 2.75) is 24.1 Å². The van der Waals surface area contributed by atoms with E-state index in [-0.39, 0.29) is 23.7 Å². The van der Waals surface area contributed by atoms with Crippen molar-refractivity contribution < 1.29 is 26.3 Å². The van der Waals surface area contributed by atoms with Crippen molar-refractivity contribution >= 4 is 26.7 Å². The molecule has 3 heterocycles. The summed E-state index contributed by atoms with van der Waals surface area (Å²) in [7, 11) is -3.83. The summed E-state index contributed by atoms with van der Waals surface area (Å²) in [6.45, 7) is 1.77. The zero-order chi connectivity index (χ0) is 20.8. The Bertz CT molecular complexity index is 1140. The van der Waals surface area contributed by atoms with Crippen LogP contribution in [0.5, 0.6) is 0 Å². The van der Waals surface area contributed by atoms with Gasteiger partial charge in [0.2, 0.25) is 0 Å². The van der Waals surface area contributed by atoms with Gasteiger partial charge in [0.05, 0.1) is 29.9 Å². The largest absolute Gasteiger partial charge is 0.416 e. The first-order valence-corrected chi connectivity index (χ1v) is 10.3. The van der Waals surface area contributed by atoms with E-state index >= 15 is 0 Å². The molecule has 3 aromatic rings. The van der Waals surface area contributed by atoms with Crippen LogP contribution in [-0.2, 0) is 14.8 Å². The second-order valence-electron chi connectivity index (χ2n) is 6.88. The number of nitrogens with zero attached hydrogens (tertiary/aromatic N) is 3. The lowest BCUT2D eigenvalue weighted by molar-refractivity contribution is -0.221. The number of rotatable bonds is 3. The van der Waals surface area contributed by atoms with Gasteiger partial charge >= 0.3 is 6.18 Å². The van der Waals surface area contributed by atoms with Crippen LogP contribution in [0.3, 0.4) is 0 Å². The van der Waals surface area contributed by atoms with Crippen LogP contribution in [0.2, 0.25) is 0 Å². The highest BCUT2D eigenvalue weighted by Gasteiger charge is 2.43. The molecule has 0 radical (unpaired) electrons. The summed E-state index contributed by atoms with van der Waals surface area (Å²) in [6, 6.07) is 9.69. The third kappa shape index (κ3) is 3.69. The van der Waals surface area contributed by atoms with E-state index in [1.54, 1.807) is 29.2 Å². The van der Waals surface area contributed by atoms with E-state index < -0.39 is 22.3 Å². The van der Waals surface area contributed by atoms with Gasteiger partial charge in [0, 0.05) is 18.1 Å². The molecule has 1 atom stereocenters. The first-order chi connectivity index (χ1) is 13.7. The Morgan fingerprint density at radius 3 is 2.59 bits per heavy atom. The number of hydrogen-bond donors (Lipinski definition) is 0. The standard InChI is InChI=1S/C19H18F3N3O3S/c1-13-2-4-16(5-3-13)29(26,27)25-7-6-14-10-15(11-23-18(14)25)24-8-9-28-17(12-24)19(20,21)22/h2-7,10-11,17H,8-9,12H2,1H3. The van der Waals surface area contributed by atoms with Crippen LogP contribution in [0, 0.1) is 6.92 Å². The maximum atomic E-state index is 13.0. The Morgan fingerprint density at radius 2 is 1.90 bits per heavy atom. The van der Waals surface area contributed by atoms with Crippen LogP contribution < -0.4 is 4.90 Å². The third-order valence-electron chi connectivity index (χ3n) is 4.85. The van der Waals surface area contributed by atoms with Gasteiger partial charge in [0.1, 0.15) is 0 Å². The van der Waals surface area contributed by atoms with Gasteiger partial charge in [-0.25, -0.2) is 17.4 Å². The van der Waals surface area contributed by atoms with Crippen molar-refractivity contribution in [1.82, 2.24) is 8.96 Å². The van der Waals surface area contributed by atoms with Crippen molar-refractivity contribution in [2.24, 2.45) is 0 Å². The van der Waals surface area contributed by atoms with Gasteiger partial charge in [0.25, 0.3) is 10.0 Å². The number of ether oxygens (including phenoxy) is 1. The van der Waals surface area contributed by atoms with Crippen molar-refractivity contribution in [3.05, 3.63) is 54.4 Å². The lowest BCUT2D eigenvalue weighted by Crippen LogP contribution is -2.49. The number of anilines is 1. The minimum absolute atomic E-state index is 0.0506. The molecule has 1 aromatic carbocycles. The molecule has 0 spiro atoms. The van der Waals surface area contributed by atoms with Gasteiger partial charge in [-0.3, -0.25) is 0 Å². The summed E-state index contributed by atoms with van der Waals surface area (Å²) in [5.41, 5.74) is 1.64. The summed E-state index contributed by atoms with van der Waals surface area (Å²) in [4.78, 5) is 5.91. The second kappa shape index (κ2) is 7.03. The molecule has 1 fully saturated rings. The third-order valence-corrected chi connectivity index (χ3v) is 6.53. The highest BCUT2D eigenvalue weighted by atomic mass is 32.2. The predicted molar refractivity (Wildman–Crippen MR) is 102 cm³/mol. The number of alkyl halides is 3. The Kier molecular flexibility index (Phi) is 4.78. The van der Waals surface area contributed by atoms with Crippen LogP contribution >= 0.6 is 0 Å². The molecule has 2 aromatic heterocycles. The second-order valence-corrected chi connectivity index (χ2v) is 8.70. The van der Waals surface area contributed by atoms with Crippen LogP contribution in [0.1, 0.15) is 5.56 Å². The van der Waals surface area contributed by atoms with Crippen LogP contribution in [0.4, 0.5) is 18.9 Å². The first-order valence-electron chi connectivity index (χ1n) is 8.89. The zero-order valence-electron chi connectivity index (χ0n) is 15.4. The lowest BCUT2D eigenvalue weighted by atomic mass is 10.2. The van der Waals surface area contributed by atoms with Crippen molar-refractivity contribution in [1.29, 1.82) is 0 Å². The van der Waals surface area contributed by atoms with E-state index in [2.05, 4.69) is 4.98 Å². The van der Waals surface area contributed by atoms with Crippen molar-refractivity contribution in [2.75, 3.05) is 24.6 Å². The molecule has 0 saturated carbocycles. The Balaban J connectivity index is 1.67. The topological polar surface area (TPSA) is 64.4 Å². The van der Waals surface area contributed by atoms with Crippen LogP contribution in [0.25, 0.3) is 11.0 Å². The molecule has 29 heavy (non-hydrogen) atoms. The van der Waals surface area contributed by atoms with Gasteiger partial charge in [-0.15, -0.1) is 0 Å². The fourth-order valence-corrected chi connectivity index (χ4v) is 4.57. The number of aryl methyl sites for hydroxylation is 1. The van der Waals surface area contributed by atoms with Crippen LogP contribution in [-0.4, -0.2) is 49.4 Å². The number of pyridine rings is 1. The molecule has 154 valence electrons. The molecule has 1 aliphatic heterocycles.